The second kappa shape index (κ2) is 6.48. The predicted octanol–water partition coefficient (Wildman–Crippen LogP) is 2.20. The van der Waals surface area contributed by atoms with E-state index in [0.717, 1.165) is 0 Å². The monoisotopic (exact) mass is 250 g/mol. The average molecular weight is 250 g/mol. The van der Waals surface area contributed by atoms with E-state index < -0.39 is 5.82 Å². The van der Waals surface area contributed by atoms with E-state index in [1.807, 2.05) is 19.9 Å². The molecule has 0 aliphatic carbocycles. The van der Waals surface area contributed by atoms with Crippen molar-refractivity contribution in [3.8, 4) is 6.07 Å². The smallest absolute Gasteiger partial charge is 0.145 e. The van der Waals surface area contributed by atoms with Gasteiger partial charge in [-0.25, -0.2) is 4.39 Å². The molecule has 1 aromatic carbocycles. The van der Waals surface area contributed by atoms with Crippen LogP contribution < -0.4 is 5.32 Å². The fourth-order valence-electron chi connectivity index (χ4n) is 1.73. The van der Waals surface area contributed by atoms with Crippen LogP contribution in [-0.4, -0.2) is 18.3 Å². The predicted molar refractivity (Wildman–Crippen MR) is 68.3 cm³/mol. The summed E-state index contributed by atoms with van der Waals surface area (Å²) in [6.07, 6.45) is 0.695. The number of benzene rings is 1. The van der Waals surface area contributed by atoms with E-state index in [4.69, 9.17) is 10.4 Å². The Morgan fingerprint density at radius 1 is 1.44 bits per heavy atom. The summed E-state index contributed by atoms with van der Waals surface area (Å²) in [4.78, 5) is 0. The zero-order chi connectivity index (χ0) is 13.6. The summed E-state index contributed by atoms with van der Waals surface area (Å²) in [6, 6.07) is 6.64. The molecular weight excluding hydrogens is 231 g/mol. The molecule has 0 saturated heterocycles. The van der Waals surface area contributed by atoms with Gasteiger partial charge in [0.2, 0.25) is 0 Å². The minimum absolute atomic E-state index is 0.0297. The molecular formula is C14H19FN2O. The van der Waals surface area contributed by atoms with Crippen LogP contribution in [0.4, 0.5) is 4.39 Å². The van der Waals surface area contributed by atoms with Crippen LogP contribution in [0.2, 0.25) is 0 Å². The van der Waals surface area contributed by atoms with E-state index >= 15 is 0 Å². The Morgan fingerprint density at radius 2 is 2.17 bits per heavy atom. The van der Waals surface area contributed by atoms with Crippen LogP contribution in [-0.2, 0) is 6.54 Å². The summed E-state index contributed by atoms with van der Waals surface area (Å²) in [6.45, 7) is 5.30. The Bertz CT molecular complexity index is 438. The lowest BCUT2D eigenvalue weighted by molar-refractivity contribution is 0.207. The largest absolute Gasteiger partial charge is 0.396 e. The van der Waals surface area contributed by atoms with Crippen molar-refractivity contribution >= 4 is 0 Å². The van der Waals surface area contributed by atoms with E-state index in [1.165, 1.54) is 6.07 Å². The topological polar surface area (TPSA) is 56.0 Å². The lowest BCUT2D eigenvalue weighted by Crippen LogP contribution is -2.30. The molecule has 0 heterocycles. The standard InChI is InChI=1S/C14H19FN2O/c1-14(2,6-7-18)10-17-9-12-5-3-4-11(8-16)13(12)15/h3-5,17-18H,6-7,9-10H2,1-2H3. The van der Waals surface area contributed by atoms with Gasteiger partial charge in [0.05, 0.1) is 5.56 Å². The molecule has 98 valence electrons. The molecule has 0 fully saturated rings. The van der Waals surface area contributed by atoms with Crippen molar-refractivity contribution in [3.63, 3.8) is 0 Å². The molecule has 0 aromatic heterocycles. The lowest BCUT2D eigenvalue weighted by atomic mass is 9.90. The van der Waals surface area contributed by atoms with E-state index in [-0.39, 0.29) is 17.6 Å². The highest BCUT2D eigenvalue weighted by molar-refractivity contribution is 5.34. The van der Waals surface area contributed by atoms with Crippen LogP contribution >= 0.6 is 0 Å². The summed E-state index contributed by atoms with van der Waals surface area (Å²) in [5, 5.41) is 20.8. The number of aliphatic hydroxyl groups excluding tert-OH is 1. The first-order valence-corrected chi connectivity index (χ1v) is 5.99. The maximum absolute atomic E-state index is 13.7. The normalized spacial score (nSPS) is 11.3. The Kier molecular flexibility index (Phi) is 5.26. The van der Waals surface area contributed by atoms with Crippen LogP contribution in [0.1, 0.15) is 31.4 Å². The van der Waals surface area contributed by atoms with Crippen molar-refractivity contribution in [2.24, 2.45) is 5.41 Å². The molecule has 0 aliphatic heterocycles. The van der Waals surface area contributed by atoms with Gasteiger partial charge in [-0.05, 0) is 17.9 Å². The van der Waals surface area contributed by atoms with E-state index in [1.54, 1.807) is 12.1 Å². The van der Waals surface area contributed by atoms with E-state index in [2.05, 4.69) is 5.32 Å². The molecule has 1 rings (SSSR count). The minimum Gasteiger partial charge on any atom is -0.396 e. The molecule has 0 aliphatic rings. The fraction of sp³-hybridized carbons (Fsp3) is 0.500. The molecule has 0 saturated carbocycles. The van der Waals surface area contributed by atoms with Gasteiger partial charge in [0.25, 0.3) is 0 Å². The third-order valence-electron chi connectivity index (χ3n) is 2.91. The second-order valence-corrected chi connectivity index (χ2v) is 5.13. The third-order valence-corrected chi connectivity index (χ3v) is 2.91. The summed E-state index contributed by atoms with van der Waals surface area (Å²) >= 11 is 0. The van der Waals surface area contributed by atoms with Crippen molar-refractivity contribution in [3.05, 3.63) is 35.1 Å². The highest BCUT2D eigenvalue weighted by Crippen LogP contribution is 2.18. The van der Waals surface area contributed by atoms with Gasteiger partial charge < -0.3 is 10.4 Å². The molecule has 2 N–H and O–H groups in total. The molecule has 1 aromatic rings. The highest BCUT2D eigenvalue weighted by Gasteiger charge is 2.16. The van der Waals surface area contributed by atoms with Crippen LogP contribution in [0.15, 0.2) is 18.2 Å². The SMILES string of the molecule is CC(C)(CCO)CNCc1cccc(C#N)c1F. The Hall–Kier alpha value is -1.44. The molecule has 0 amide bonds. The molecule has 0 bridgehead atoms. The number of rotatable bonds is 6. The van der Waals surface area contributed by atoms with Crippen molar-refractivity contribution in [1.29, 1.82) is 5.26 Å². The van der Waals surface area contributed by atoms with Crippen molar-refractivity contribution in [1.82, 2.24) is 5.32 Å². The van der Waals surface area contributed by atoms with Crippen molar-refractivity contribution < 1.29 is 9.50 Å². The molecule has 3 nitrogen and oxygen atoms in total. The van der Waals surface area contributed by atoms with Gasteiger partial charge in [-0.3, -0.25) is 0 Å². The number of hydrogen-bond donors (Lipinski definition) is 2. The molecule has 0 unspecified atom stereocenters. The third kappa shape index (κ3) is 4.10. The average Bonchev–Trinajstić information content (AvgIpc) is 2.31. The van der Waals surface area contributed by atoms with Crippen LogP contribution in [0, 0.1) is 22.6 Å². The first-order chi connectivity index (χ1) is 8.50. The van der Waals surface area contributed by atoms with Crippen molar-refractivity contribution in [2.45, 2.75) is 26.8 Å². The van der Waals surface area contributed by atoms with Gasteiger partial charge >= 0.3 is 0 Å². The minimum atomic E-state index is -0.451. The van der Waals surface area contributed by atoms with Gasteiger partial charge in [0.15, 0.2) is 0 Å². The Morgan fingerprint density at radius 3 is 2.78 bits per heavy atom. The van der Waals surface area contributed by atoms with Crippen molar-refractivity contribution in [2.75, 3.05) is 13.2 Å². The first kappa shape index (κ1) is 14.6. The summed E-state index contributed by atoms with van der Waals surface area (Å²) in [7, 11) is 0. The van der Waals surface area contributed by atoms with E-state index in [0.29, 0.717) is 25.1 Å². The Balaban J connectivity index is 2.57. The first-order valence-electron chi connectivity index (χ1n) is 5.99. The number of aliphatic hydroxyl groups is 1. The zero-order valence-corrected chi connectivity index (χ0v) is 10.8. The lowest BCUT2D eigenvalue weighted by Gasteiger charge is -2.24. The maximum Gasteiger partial charge on any atom is 0.145 e. The quantitative estimate of drug-likeness (QED) is 0.813. The van der Waals surface area contributed by atoms with Gasteiger partial charge in [-0.15, -0.1) is 0 Å². The summed E-state index contributed by atoms with van der Waals surface area (Å²) < 4.78 is 13.7. The second-order valence-electron chi connectivity index (χ2n) is 5.13. The van der Waals surface area contributed by atoms with E-state index in [9.17, 15) is 4.39 Å². The number of nitriles is 1. The highest BCUT2D eigenvalue weighted by atomic mass is 19.1. The molecule has 0 atom stereocenters. The number of nitrogens with zero attached hydrogens (tertiary/aromatic N) is 1. The van der Waals surface area contributed by atoms with Crippen LogP contribution in [0.5, 0.6) is 0 Å². The Labute approximate surface area is 107 Å². The fourth-order valence-corrected chi connectivity index (χ4v) is 1.73. The van der Waals surface area contributed by atoms with Gasteiger partial charge in [-0.1, -0.05) is 26.0 Å². The summed E-state index contributed by atoms with van der Waals surface area (Å²) in [5.74, 6) is -0.451. The number of nitrogens with one attached hydrogen (secondary N) is 1. The maximum atomic E-state index is 13.7. The molecule has 0 radical (unpaired) electrons. The van der Waals surface area contributed by atoms with Crippen LogP contribution in [0.3, 0.4) is 0 Å². The summed E-state index contributed by atoms with van der Waals surface area (Å²) in [5.41, 5.74) is 0.538. The zero-order valence-electron chi connectivity index (χ0n) is 10.8. The van der Waals surface area contributed by atoms with Crippen LogP contribution in [0.25, 0.3) is 0 Å². The number of hydrogen-bond acceptors (Lipinski definition) is 3. The van der Waals surface area contributed by atoms with Gasteiger partial charge in [0.1, 0.15) is 11.9 Å². The molecule has 4 heteroatoms. The number of halogens is 1. The molecule has 18 heavy (non-hydrogen) atoms. The van der Waals surface area contributed by atoms with Gasteiger partial charge in [-0.2, -0.15) is 5.26 Å². The van der Waals surface area contributed by atoms with Gasteiger partial charge in [0, 0.05) is 25.3 Å². The molecule has 0 spiro atoms.